The zero-order chi connectivity index (χ0) is 25.4. The SMILES string of the molecule is CC[C@]1(C)NC(=O)[C@H](CCCC=O)NC(=O)[C@H]2CCCN2C(=O)[C@H](CCc2ccccc2)NC1=O. The van der Waals surface area contributed by atoms with Crippen molar-refractivity contribution in [3.8, 4) is 0 Å². The second-order valence-electron chi connectivity index (χ2n) is 9.57. The van der Waals surface area contributed by atoms with Gasteiger partial charge in [-0.1, -0.05) is 37.3 Å². The molecule has 2 heterocycles. The van der Waals surface area contributed by atoms with Gasteiger partial charge in [0.1, 0.15) is 30.0 Å². The Labute approximate surface area is 206 Å². The Kier molecular flexibility index (Phi) is 9.01. The summed E-state index contributed by atoms with van der Waals surface area (Å²) in [5.41, 5.74) is -0.222. The van der Waals surface area contributed by atoms with Crippen molar-refractivity contribution in [2.45, 2.75) is 88.9 Å². The number of hydrogen-bond acceptors (Lipinski definition) is 5. The van der Waals surface area contributed by atoms with E-state index in [0.717, 1.165) is 11.8 Å². The second kappa shape index (κ2) is 12.0. The minimum Gasteiger partial charge on any atom is -0.343 e. The molecular formula is C26H36N4O5. The summed E-state index contributed by atoms with van der Waals surface area (Å²) >= 11 is 0. The van der Waals surface area contributed by atoms with Crippen molar-refractivity contribution in [3.63, 3.8) is 0 Å². The quantitative estimate of drug-likeness (QED) is 0.378. The molecule has 0 aromatic heterocycles. The van der Waals surface area contributed by atoms with Gasteiger partial charge < -0.3 is 25.6 Å². The molecule has 4 amide bonds. The first kappa shape index (κ1) is 26.4. The number of fused-ring (bicyclic) bond motifs is 1. The molecule has 4 atom stereocenters. The van der Waals surface area contributed by atoms with Crippen LogP contribution in [0.1, 0.15) is 64.4 Å². The molecule has 0 aliphatic carbocycles. The first-order chi connectivity index (χ1) is 16.8. The number of hydrogen-bond donors (Lipinski definition) is 3. The predicted molar refractivity (Wildman–Crippen MR) is 130 cm³/mol. The van der Waals surface area contributed by atoms with E-state index in [1.165, 1.54) is 4.90 Å². The molecule has 1 aromatic carbocycles. The molecule has 2 aliphatic rings. The van der Waals surface area contributed by atoms with Crippen LogP contribution >= 0.6 is 0 Å². The smallest absolute Gasteiger partial charge is 0.246 e. The fraction of sp³-hybridized carbons (Fsp3) is 0.577. The maximum atomic E-state index is 13.6. The van der Waals surface area contributed by atoms with Gasteiger partial charge in [-0.15, -0.1) is 0 Å². The van der Waals surface area contributed by atoms with Crippen molar-refractivity contribution >= 4 is 29.9 Å². The number of nitrogens with one attached hydrogen (secondary N) is 3. The minimum atomic E-state index is -1.26. The molecule has 1 aromatic rings. The van der Waals surface area contributed by atoms with E-state index in [4.69, 9.17) is 0 Å². The van der Waals surface area contributed by atoms with Crippen molar-refractivity contribution in [1.82, 2.24) is 20.9 Å². The van der Waals surface area contributed by atoms with Gasteiger partial charge in [-0.3, -0.25) is 19.2 Å². The summed E-state index contributed by atoms with van der Waals surface area (Å²) in [4.78, 5) is 65.7. The van der Waals surface area contributed by atoms with Gasteiger partial charge in [0.2, 0.25) is 23.6 Å². The lowest BCUT2D eigenvalue weighted by Gasteiger charge is -2.35. The highest BCUT2D eigenvalue weighted by molar-refractivity contribution is 5.99. The zero-order valence-electron chi connectivity index (χ0n) is 20.5. The number of aryl methyl sites for hydroxylation is 1. The molecule has 2 aliphatic heterocycles. The van der Waals surface area contributed by atoms with Gasteiger partial charge in [0.05, 0.1) is 0 Å². The number of benzene rings is 1. The number of nitrogens with zero attached hydrogens (tertiary/aromatic N) is 1. The summed E-state index contributed by atoms with van der Waals surface area (Å²) in [7, 11) is 0. The molecule has 0 unspecified atom stereocenters. The van der Waals surface area contributed by atoms with Gasteiger partial charge in [-0.25, -0.2) is 0 Å². The van der Waals surface area contributed by atoms with Crippen molar-refractivity contribution in [2.75, 3.05) is 6.54 Å². The average Bonchev–Trinajstić information content (AvgIpc) is 3.35. The van der Waals surface area contributed by atoms with Crippen LogP contribution in [0, 0.1) is 0 Å². The van der Waals surface area contributed by atoms with Crippen molar-refractivity contribution in [3.05, 3.63) is 35.9 Å². The topological polar surface area (TPSA) is 125 Å². The number of amides is 4. The molecule has 3 N–H and O–H groups in total. The molecular weight excluding hydrogens is 448 g/mol. The Bertz CT molecular complexity index is 937. The minimum absolute atomic E-state index is 0.262. The molecule has 35 heavy (non-hydrogen) atoms. The van der Waals surface area contributed by atoms with E-state index in [1.54, 1.807) is 13.8 Å². The Morgan fingerprint density at radius 2 is 1.77 bits per heavy atom. The molecule has 9 nitrogen and oxygen atoms in total. The highest BCUT2D eigenvalue weighted by atomic mass is 16.2. The van der Waals surface area contributed by atoms with E-state index in [0.29, 0.717) is 45.1 Å². The van der Waals surface area contributed by atoms with E-state index in [2.05, 4.69) is 16.0 Å². The second-order valence-corrected chi connectivity index (χ2v) is 9.57. The summed E-state index contributed by atoms with van der Waals surface area (Å²) in [6.45, 7) is 3.82. The maximum Gasteiger partial charge on any atom is 0.246 e. The normalized spacial score (nSPS) is 27.7. The van der Waals surface area contributed by atoms with E-state index in [9.17, 15) is 24.0 Å². The molecule has 3 rings (SSSR count). The summed E-state index contributed by atoms with van der Waals surface area (Å²) in [6.07, 6.45) is 4.13. The van der Waals surface area contributed by atoms with Crippen molar-refractivity contribution < 1.29 is 24.0 Å². The highest BCUT2D eigenvalue weighted by Crippen LogP contribution is 2.22. The Hall–Kier alpha value is -3.23. The number of carbonyl (C=O) groups excluding carboxylic acids is 5. The molecule has 2 fully saturated rings. The molecule has 2 saturated heterocycles. The summed E-state index contributed by atoms with van der Waals surface area (Å²) in [5.74, 6) is -1.57. The maximum absolute atomic E-state index is 13.6. The lowest BCUT2D eigenvalue weighted by atomic mass is 9.94. The van der Waals surface area contributed by atoms with Crippen LogP contribution in [-0.2, 0) is 30.4 Å². The Balaban J connectivity index is 1.90. The molecule has 0 bridgehead atoms. The predicted octanol–water partition coefficient (Wildman–Crippen LogP) is 1.25. The lowest BCUT2D eigenvalue weighted by molar-refractivity contribution is -0.145. The van der Waals surface area contributed by atoms with Crippen LogP contribution in [0.2, 0.25) is 0 Å². The van der Waals surface area contributed by atoms with E-state index >= 15 is 0 Å². The van der Waals surface area contributed by atoms with Crippen LogP contribution in [-0.4, -0.2) is 65.0 Å². The summed E-state index contributed by atoms with van der Waals surface area (Å²) in [5, 5.41) is 8.48. The fourth-order valence-corrected chi connectivity index (χ4v) is 4.64. The third kappa shape index (κ3) is 6.46. The number of unbranched alkanes of at least 4 members (excludes halogenated alkanes) is 1. The first-order valence-corrected chi connectivity index (χ1v) is 12.5. The third-order valence-corrected chi connectivity index (χ3v) is 7.06. The van der Waals surface area contributed by atoms with Crippen LogP contribution in [0.5, 0.6) is 0 Å². The van der Waals surface area contributed by atoms with Crippen LogP contribution < -0.4 is 16.0 Å². The van der Waals surface area contributed by atoms with Crippen molar-refractivity contribution in [1.29, 1.82) is 0 Å². The van der Waals surface area contributed by atoms with Gasteiger partial charge in [0.15, 0.2) is 0 Å². The molecule has 0 saturated carbocycles. The van der Waals surface area contributed by atoms with E-state index in [1.807, 2.05) is 30.3 Å². The Morgan fingerprint density at radius 1 is 1.03 bits per heavy atom. The fourth-order valence-electron chi connectivity index (χ4n) is 4.64. The molecule has 9 heteroatoms. The highest BCUT2D eigenvalue weighted by Gasteiger charge is 2.42. The lowest BCUT2D eigenvalue weighted by Crippen LogP contribution is -2.65. The van der Waals surface area contributed by atoms with Gasteiger partial charge in [0, 0.05) is 13.0 Å². The number of rotatable bonds is 8. The molecule has 0 spiro atoms. The molecule has 190 valence electrons. The monoisotopic (exact) mass is 484 g/mol. The zero-order valence-corrected chi connectivity index (χ0v) is 20.5. The van der Waals surface area contributed by atoms with Crippen LogP contribution in [0.15, 0.2) is 30.3 Å². The number of carbonyl (C=O) groups is 5. The summed E-state index contributed by atoms with van der Waals surface area (Å²) < 4.78 is 0. The van der Waals surface area contributed by atoms with Gasteiger partial charge >= 0.3 is 0 Å². The van der Waals surface area contributed by atoms with Gasteiger partial charge in [0.25, 0.3) is 0 Å². The summed E-state index contributed by atoms with van der Waals surface area (Å²) in [6, 6.07) is 7.29. The number of aldehydes is 1. The average molecular weight is 485 g/mol. The first-order valence-electron chi connectivity index (χ1n) is 12.5. The largest absolute Gasteiger partial charge is 0.343 e. The van der Waals surface area contributed by atoms with Crippen LogP contribution in [0.4, 0.5) is 0 Å². The van der Waals surface area contributed by atoms with E-state index in [-0.39, 0.29) is 24.7 Å². The van der Waals surface area contributed by atoms with Gasteiger partial charge in [-0.05, 0) is 57.4 Å². The van der Waals surface area contributed by atoms with Gasteiger partial charge in [-0.2, -0.15) is 0 Å². The van der Waals surface area contributed by atoms with Crippen LogP contribution in [0.25, 0.3) is 0 Å². The Morgan fingerprint density at radius 3 is 2.46 bits per heavy atom. The standard InChI is InChI=1S/C26H36N4O5/c1-3-26(2)25(35)28-20(15-14-18-10-5-4-6-11-18)24(34)30-16-9-13-21(30)23(33)27-19(22(32)29-26)12-7-8-17-31/h4-6,10-11,17,19-21H,3,7-9,12-16H2,1-2H3,(H,27,33)(H,28,35)(H,29,32)/t19-,20-,21+,26-/m0/s1. The molecule has 0 radical (unpaired) electrons. The van der Waals surface area contributed by atoms with Crippen LogP contribution in [0.3, 0.4) is 0 Å². The van der Waals surface area contributed by atoms with E-state index < -0.39 is 35.5 Å². The third-order valence-electron chi connectivity index (χ3n) is 7.06. The van der Waals surface area contributed by atoms with Crippen molar-refractivity contribution in [2.24, 2.45) is 0 Å².